The molecule has 8 heteroatoms. The van der Waals surface area contributed by atoms with Gasteiger partial charge in [0.25, 0.3) is 5.91 Å². The van der Waals surface area contributed by atoms with Crippen LogP contribution in [-0.2, 0) is 11.5 Å². The van der Waals surface area contributed by atoms with Crippen LogP contribution in [0.3, 0.4) is 0 Å². The van der Waals surface area contributed by atoms with Gasteiger partial charge in [0, 0.05) is 23.7 Å². The second-order valence-electron chi connectivity index (χ2n) is 6.59. The quantitative estimate of drug-likeness (QED) is 0.474. The van der Waals surface area contributed by atoms with E-state index in [0.717, 1.165) is 5.56 Å². The molecule has 0 aliphatic heterocycles. The zero-order valence-electron chi connectivity index (χ0n) is 16.0. The van der Waals surface area contributed by atoms with E-state index in [4.69, 9.17) is 0 Å². The van der Waals surface area contributed by atoms with Gasteiger partial charge in [-0.15, -0.1) is 0 Å². The maximum absolute atomic E-state index is 12.8. The summed E-state index contributed by atoms with van der Waals surface area (Å²) in [5.74, 6) is -0.482. The van der Waals surface area contributed by atoms with Crippen LogP contribution in [0, 0.1) is 0 Å². The molecule has 150 valence electrons. The summed E-state index contributed by atoms with van der Waals surface area (Å²) in [6.45, 7) is 0.837. The minimum absolute atomic E-state index is 0.190. The van der Waals surface area contributed by atoms with Crippen molar-refractivity contribution < 1.29 is 14.0 Å². The summed E-state index contributed by atoms with van der Waals surface area (Å²) in [6, 6.07) is 17.4. The summed E-state index contributed by atoms with van der Waals surface area (Å²) in [4.78, 5) is 33.5. The molecular weight excluding hydrogens is 403 g/mol. The fourth-order valence-corrected chi connectivity index (χ4v) is 3.82. The Morgan fingerprint density at radius 3 is 2.63 bits per heavy atom. The number of hydrogen-bond donors (Lipinski definition) is 2. The van der Waals surface area contributed by atoms with E-state index in [-0.39, 0.29) is 11.8 Å². The average molecular weight is 420 g/mol. The molecule has 0 radical (unpaired) electrons. The van der Waals surface area contributed by atoms with Crippen molar-refractivity contribution in [2.75, 3.05) is 10.6 Å². The molecule has 4 rings (SSSR count). The van der Waals surface area contributed by atoms with Crippen molar-refractivity contribution in [3.63, 3.8) is 0 Å². The Balaban J connectivity index is 1.59. The zero-order valence-corrected chi connectivity index (χ0v) is 16.8. The van der Waals surface area contributed by atoms with Crippen LogP contribution in [0.5, 0.6) is 0 Å². The summed E-state index contributed by atoms with van der Waals surface area (Å²) in [7, 11) is 0. The maximum atomic E-state index is 12.8. The molecule has 0 atom stereocenters. The zero-order chi connectivity index (χ0) is 21.1. The maximum Gasteiger partial charge on any atom is 0.255 e. The first-order valence-corrected chi connectivity index (χ1v) is 9.95. The van der Waals surface area contributed by atoms with Crippen LogP contribution in [0.25, 0.3) is 21.6 Å². The first kappa shape index (κ1) is 19.7. The number of amides is 2. The Morgan fingerprint density at radius 1 is 1.00 bits per heavy atom. The predicted octanol–water partition coefficient (Wildman–Crippen LogP) is 5.04. The highest BCUT2D eigenvalue weighted by atomic mass is 32.1. The molecule has 2 aromatic heterocycles. The first-order valence-electron chi connectivity index (χ1n) is 9.14. The van der Waals surface area contributed by atoms with Gasteiger partial charge in [-0.2, -0.15) is 0 Å². The number of carbonyl (C=O) groups is 2. The van der Waals surface area contributed by atoms with Crippen LogP contribution in [0.4, 0.5) is 15.2 Å². The first-order chi connectivity index (χ1) is 14.5. The van der Waals surface area contributed by atoms with Gasteiger partial charge in [0.05, 0.1) is 5.69 Å². The van der Waals surface area contributed by atoms with Crippen LogP contribution >= 0.6 is 11.3 Å². The summed E-state index contributed by atoms with van der Waals surface area (Å²) in [5.41, 5.74) is 3.65. The van der Waals surface area contributed by atoms with Gasteiger partial charge in [-0.25, -0.2) is 14.4 Å². The number of pyridine rings is 1. The van der Waals surface area contributed by atoms with Gasteiger partial charge in [0.15, 0.2) is 5.13 Å². The van der Waals surface area contributed by atoms with Gasteiger partial charge in [0.1, 0.15) is 17.0 Å². The van der Waals surface area contributed by atoms with Crippen molar-refractivity contribution >= 4 is 44.3 Å². The molecule has 0 spiro atoms. The second kappa shape index (κ2) is 8.38. The van der Waals surface area contributed by atoms with E-state index in [2.05, 4.69) is 20.6 Å². The number of fused-ring (bicyclic) bond motifs is 1. The van der Waals surface area contributed by atoms with Crippen molar-refractivity contribution in [1.82, 2.24) is 9.97 Å². The molecule has 0 unspecified atom stereocenters. The molecule has 4 aromatic rings. The van der Waals surface area contributed by atoms with E-state index in [0.29, 0.717) is 38.0 Å². The highest BCUT2D eigenvalue weighted by Crippen LogP contribution is 2.28. The number of halogens is 1. The number of alkyl halides is 1. The standard InChI is InChI=1S/C22H17FN4O2S/c1-13(28)24-22-27-19-9-8-18(26-21(19)30-22)15-5-3-6-16(11-15)20(29)25-17-7-2-4-14(10-17)12-23/h2-11H,12H2,1H3,(H,25,29)(H,24,27,28). The number of thiazole rings is 1. The van der Waals surface area contributed by atoms with Gasteiger partial charge < -0.3 is 10.6 Å². The summed E-state index contributed by atoms with van der Waals surface area (Å²) < 4.78 is 12.8. The third-order valence-corrected chi connectivity index (χ3v) is 5.18. The molecule has 0 saturated heterocycles. The lowest BCUT2D eigenvalue weighted by atomic mass is 10.1. The van der Waals surface area contributed by atoms with E-state index >= 15 is 0 Å². The second-order valence-corrected chi connectivity index (χ2v) is 7.57. The van der Waals surface area contributed by atoms with Crippen LogP contribution < -0.4 is 10.6 Å². The number of hydrogen-bond acceptors (Lipinski definition) is 5. The van der Waals surface area contributed by atoms with Crippen molar-refractivity contribution in [1.29, 1.82) is 0 Å². The fraction of sp³-hybridized carbons (Fsp3) is 0.0909. The summed E-state index contributed by atoms with van der Waals surface area (Å²) >= 11 is 1.29. The minimum Gasteiger partial charge on any atom is -0.322 e. The lowest BCUT2D eigenvalue weighted by Crippen LogP contribution is -2.12. The third kappa shape index (κ3) is 4.33. The Kier molecular flexibility index (Phi) is 5.49. The van der Waals surface area contributed by atoms with Crippen LogP contribution in [0.1, 0.15) is 22.8 Å². The van der Waals surface area contributed by atoms with E-state index in [1.807, 2.05) is 18.2 Å². The van der Waals surface area contributed by atoms with Crippen molar-refractivity contribution in [2.45, 2.75) is 13.6 Å². The molecule has 0 bridgehead atoms. The summed E-state index contributed by atoms with van der Waals surface area (Å²) in [6.07, 6.45) is 0. The largest absolute Gasteiger partial charge is 0.322 e. The molecule has 0 fully saturated rings. The van der Waals surface area contributed by atoms with E-state index in [1.165, 1.54) is 18.3 Å². The molecule has 2 aromatic carbocycles. The number of nitrogens with one attached hydrogen (secondary N) is 2. The fourth-order valence-electron chi connectivity index (χ4n) is 2.94. The van der Waals surface area contributed by atoms with Gasteiger partial charge in [-0.3, -0.25) is 9.59 Å². The van der Waals surface area contributed by atoms with E-state index < -0.39 is 6.67 Å². The molecule has 0 saturated carbocycles. The van der Waals surface area contributed by atoms with Gasteiger partial charge in [-0.05, 0) is 42.0 Å². The Labute approximate surface area is 175 Å². The molecule has 2 amide bonds. The number of aromatic nitrogens is 2. The Morgan fingerprint density at radius 2 is 1.83 bits per heavy atom. The highest BCUT2D eigenvalue weighted by Gasteiger charge is 2.11. The molecule has 0 aliphatic carbocycles. The molecular formula is C22H17FN4O2S. The summed E-state index contributed by atoms with van der Waals surface area (Å²) in [5, 5.41) is 5.94. The van der Waals surface area contributed by atoms with Crippen molar-refractivity contribution in [3.05, 3.63) is 71.8 Å². The lowest BCUT2D eigenvalue weighted by Gasteiger charge is -2.08. The monoisotopic (exact) mass is 420 g/mol. The smallest absolute Gasteiger partial charge is 0.255 e. The number of carbonyl (C=O) groups excluding carboxylic acids is 2. The number of benzene rings is 2. The lowest BCUT2D eigenvalue weighted by molar-refractivity contribution is -0.114. The van der Waals surface area contributed by atoms with Crippen LogP contribution in [0.2, 0.25) is 0 Å². The minimum atomic E-state index is -0.589. The van der Waals surface area contributed by atoms with Gasteiger partial charge >= 0.3 is 0 Å². The van der Waals surface area contributed by atoms with Gasteiger partial charge in [-0.1, -0.05) is 35.6 Å². The van der Waals surface area contributed by atoms with Crippen LogP contribution in [0.15, 0.2) is 60.7 Å². The number of rotatable bonds is 5. The third-order valence-electron chi connectivity index (χ3n) is 4.30. The molecule has 2 heterocycles. The molecule has 6 nitrogen and oxygen atoms in total. The van der Waals surface area contributed by atoms with E-state index in [9.17, 15) is 14.0 Å². The average Bonchev–Trinajstić information content (AvgIpc) is 3.14. The van der Waals surface area contributed by atoms with Gasteiger partial charge in [0.2, 0.25) is 5.91 Å². The van der Waals surface area contributed by atoms with Crippen molar-refractivity contribution in [2.24, 2.45) is 0 Å². The predicted molar refractivity (Wildman–Crippen MR) is 116 cm³/mol. The number of nitrogens with zero attached hydrogens (tertiary/aromatic N) is 2. The topological polar surface area (TPSA) is 84.0 Å². The number of anilines is 2. The van der Waals surface area contributed by atoms with Crippen LogP contribution in [-0.4, -0.2) is 21.8 Å². The normalized spacial score (nSPS) is 10.7. The Bertz CT molecular complexity index is 1250. The Hall–Kier alpha value is -3.65. The SMILES string of the molecule is CC(=O)Nc1nc2ccc(-c3cccc(C(=O)Nc4cccc(CF)c4)c3)nc2s1. The molecule has 2 N–H and O–H groups in total. The highest BCUT2D eigenvalue weighted by molar-refractivity contribution is 7.21. The molecule has 0 aliphatic rings. The van der Waals surface area contributed by atoms with Crippen molar-refractivity contribution in [3.8, 4) is 11.3 Å². The molecule has 30 heavy (non-hydrogen) atoms. The van der Waals surface area contributed by atoms with E-state index in [1.54, 1.807) is 42.5 Å².